The van der Waals surface area contributed by atoms with E-state index >= 15 is 0 Å². The van der Waals surface area contributed by atoms with Crippen molar-refractivity contribution in [2.45, 2.75) is 25.9 Å². The number of nitrogens with one attached hydrogen (secondary N) is 2. The Hall–Kier alpha value is -2.05. The maximum atomic E-state index is 5.97. The molecule has 0 aliphatic heterocycles. The lowest BCUT2D eigenvalue weighted by Crippen LogP contribution is -2.17. The molecule has 21 heavy (non-hydrogen) atoms. The Morgan fingerprint density at radius 1 is 1.48 bits per heavy atom. The number of rotatable bonds is 5. The molecule has 0 aliphatic rings. The summed E-state index contributed by atoms with van der Waals surface area (Å²) in [6.07, 6.45) is 2.38. The van der Waals surface area contributed by atoms with Gasteiger partial charge in [0.25, 0.3) is 0 Å². The van der Waals surface area contributed by atoms with Crippen molar-refractivity contribution in [2.24, 2.45) is 5.73 Å². The summed E-state index contributed by atoms with van der Waals surface area (Å²) < 4.78 is 5.29. The molecule has 6 nitrogen and oxygen atoms in total. The Labute approximate surface area is 126 Å². The van der Waals surface area contributed by atoms with Crippen LogP contribution >= 0.6 is 11.6 Å². The Morgan fingerprint density at radius 2 is 2.33 bits per heavy atom. The summed E-state index contributed by atoms with van der Waals surface area (Å²) in [5, 5.41) is 4.30. The molecule has 0 radical (unpaired) electrons. The average molecular weight is 306 g/mol. The first kappa shape index (κ1) is 13.9. The number of nitrogens with two attached hydrogens (primary N) is 1. The van der Waals surface area contributed by atoms with Crippen molar-refractivity contribution < 1.29 is 4.42 Å². The molecule has 0 aliphatic carbocycles. The molecule has 3 heterocycles. The smallest absolute Gasteiger partial charge is 0.226 e. The molecule has 0 spiro atoms. The van der Waals surface area contributed by atoms with Crippen LogP contribution in [0.15, 0.2) is 28.9 Å². The third kappa shape index (κ3) is 3.17. The molecule has 0 saturated carbocycles. The van der Waals surface area contributed by atoms with Crippen LogP contribution in [-0.2, 0) is 13.0 Å². The summed E-state index contributed by atoms with van der Waals surface area (Å²) in [7, 11) is 0. The fourth-order valence-corrected chi connectivity index (χ4v) is 2.38. The molecule has 0 aromatic carbocycles. The summed E-state index contributed by atoms with van der Waals surface area (Å²) in [6.45, 7) is 2.49. The van der Waals surface area contributed by atoms with Gasteiger partial charge in [-0.15, -0.1) is 0 Å². The summed E-state index contributed by atoms with van der Waals surface area (Å²) in [5.41, 5.74) is 7.54. The Morgan fingerprint density at radius 3 is 3.05 bits per heavy atom. The third-order valence-corrected chi connectivity index (χ3v) is 3.24. The Bertz CT molecular complexity index is 735. The lowest BCUT2D eigenvalue weighted by molar-refractivity contribution is 0.518. The number of hydrogen-bond donors (Lipinski definition) is 3. The molecule has 3 aromatic heterocycles. The third-order valence-electron chi connectivity index (χ3n) is 3.07. The molecule has 0 amide bonds. The van der Waals surface area contributed by atoms with Gasteiger partial charge in [-0.25, -0.2) is 4.98 Å². The molecule has 1 atom stereocenters. The van der Waals surface area contributed by atoms with Crippen LogP contribution in [0.3, 0.4) is 0 Å². The van der Waals surface area contributed by atoms with Crippen molar-refractivity contribution in [1.82, 2.24) is 15.0 Å². The second-order valence-corrected chi connectivity index (χ2v) is 5.35. The minimum Gasteiger partial charge on any atom is -0.467 e. The lowest BCUT2D eigenvalue weighted by Gasteiger charge is -2.04. The molecule has 0 bridgehead atoms. The number of aromatic nitrogens is 3. The van der Waals surface area contributed by atoms with E-state index in [9.17, 15) is 0 Å². The van der Waals surface area contributed by atoms with Crippen molar-refractivity contribution in [1.29, 1.82) is 0 Å². The van der Waals surface area contributed by atoms with E-state index < -0.39 is 0 Å². The van der Waals surface area contributed by atoms with Gasteiger partial charge in [-0.05, 0) is 36.7 Å². The monoisotopic (exact) mass is 305 g/mol. The lowest BCUT2D eigenvalue weighted by atomic mass is 10.2. The molecule has 0 saturated heterocycles. The summed E-state index contributed by atoms with van der Waals surface area (Å²) in [5.74, 6) is 1.50. The highest BCUT2D eigenvalue weighted by atomic mass is 35.5. The van der Waals surface area contributed by atoms with Crippen LogP contribution in [0.25, 0.3) is 11.0 Å². The van der Waals surface area contributed by atoms with Crippen molar-refractivity contribution in [3.8, 4) is 0 Å². The van der Waals surface area contributed by atoms with Gasteiger partial charge < -0.3 is 20.5 Å². The Balaban J connectivity index is 1.90. The van der Waals surface area contributed by atoms with Crippen LogP contribution in [-0.4, -0.2) is 21.0 Å². The minimum absolute atomic E-state index is 0.0704. The SMILES string of the molecule is CC(N)Cc1cc2c(NCc3ccco3)nc(Cl)nc2[nH]1. The summed E-state index contributed by atoms with van der Waals surface area (Å²) >= 11 is 5.97. The molecule has 3 aromatic rings. The molecule has 110 valence electrons. The van der Waals surface area contributed by atoms with Crippen LogP contribution in [0, 0.1) is 0 Å². The molecular weight excluding hydrogens is 290 g/mol. The second-order valence-electron chi connectivity index (χ2n) is 5.01. The zero-order valence-corrected chi connectivity index (χ0v) is 12.3. The Kier molecular flexibility index (Phi) is 3.81. The van der Waals surface area contributed by atoms with Gasteiger partial charge in [-0.1, -0.05) is 0 Å². The highest BCUT2D eigenvalue weighted by Gasteiger charge is 2.11. The summed E-state index contributed by atoms with van der Waals surface area (Å²) in [6, 6.07) is 5.81. The first-order chi connectivity index (χ1) is 10.1. The van der Waals surface area contributed by atoms with Crippen LogP contribution in [0.1, 0.15) is 18.4 Å². The van der Waals surface area contributed by atoms with Crippen molar-refractivity contribution in [2.75, 3.05) is 5.32 Å². The largest absolute Gasteiger partial charge is 0.467 e. The van der Waals surface area contributed by atoms with Gasteiger partial charge in [0.05, 0.1) is 18.2 Å². The van der Waals surface area contributed by atoms with Crippen LogP contribution in [0.5, 0.6) is 0 Å². The van der Waals surface area contributed by atoms with Crippen LogP contribution in [0.2, 0.25) is 5.28 Å². The predicted octanol–water partition coefficient (Wildman–Crippen LogP) is 2.71. The highest BCUT2D eigenvalue weighted by molar-refractivity contribution is 6.28. The van der Waals surface area contributed by atoms with E-state index in [1.54, 1.807) is 6.26 Å². The second kappa shape index (κ2) is 5.75. The minimum atomic E-state index is 0.0704. The number of hydrogen-bond acceptors (Lipinski definition) is 5. The van der Waals surface area contributed by atoms with Gasteiger partial charge >= 0.3 is 0 Å². The quantitative estimate of drug-likeness (QED) is 0.630. The number of aromatic amines is 1. The van der Waals surface area contributed by atoms with E-state index in [2.05, 4.69) is 20.3 Å². The van der Waals surface area contributed by atoms with E-state index in [1.807, 2.05) is 25.1 Å². The van der Waals surface area contributed by atoms with Gasteiger partial charge in [0.2, 0.25) is 5.28 Å². The first-order valence-electron chi connectivity index (χ1n) is 6.69. The maximum absolute atomic E-state index is 5.97. The standard InChI is InChI=1S/C14H16ClN5O/c1-8(16)5-9-6-11-12(17-7-10-3-2-4-21-10)19-14(15)20-13(11)18-9/h2-4,6,8H,5,7,16H2,1H3,(H2,17,18,19,20). The fraction of sp³-hybridized carbons (Fsp3) is 0.286. The zero-order valence-electron chi connectivity index (χ0n) is 11.6. The van der Waals surface area contributed by atoms with E-state index in [1.165, 1.54) is 0 Å². The molecule has 0 fully saturated rings. The van der Waals surface area contributed by atoms with Crippen molar-refractivity contribution >= 4 is 28.5 Å². The molecule has 4 N–H and O–H groups in total. The first-order valence-corrected chi connectivity index (χ1v) is 7.06. The number of halogens is 1. The van der Waals surface area contributed by atoms with Crippen LogP contribution < -0.4 is 11.1 Å². The predicted molar refractivity (Wildman–Crippen MR) is 82.3 cm³/mol. The number of furan rings is 1. The number of nitrogens with zero attached hydrogens (tertiary/aromatic N) is 2. The van der Waals surface area contributed by atoms with E-state index in [4.69, 9.17) is 21.8 Å². The fourth-order valence-electron chi connectivity index (χ4n) is 2.21. The number of fused-ring (bicyclic) bond motifs is 1. The molecule has 7 heteroatoms. The van der Waals surface area contributed by atoms with Gasteiger partial charge in [0.1, 0.15) is 17.2 Å². The van der Waals surface area contributed by atoms with Gasteiger partial charge in [0, 0.05) is 18.2 Å². The molecular formula is C14H16ClN5O. The number of H-pyrrole nitrogens is 1. The van der Waals surface area contributed by atoms with Gasteiger partial charge in [0.15, 0.2) is 0 Å². The topological polar surface area (TPSA) is 92.8 Å². The maximum Gasteiger partial charge on any atom is 0.226 e. The zero-order chi connectivity index (χ0) is 14.8. The average Bonchev–Trinajstić information content (AvgIpc) is 3.03. The number of anilines is 1. The highest BCUT2D eigenvalue weighted by Crippen LogP contribution is 2.24. The van der Waals surface area contributed by atoms with Gasteiger partial charge in [-0.3, -0.25) is 0 Å². The normalized spacial score (nSPS) is 12.7. The van der Waals surface area contributed by atoms with Crippen molar-refractivity contribution in [3.63, 3.8) is 0 Å². The van der Waals surface area contributed by atoms with E-state index in [0.717, 1.165) is 23.3 Å². The van der Waals surface area contributed by atoms with Crippen molar-refractivity contribution in [3.05, 3.63) is 41.2 Å². The van der Waals surface area contributed by atoms with E-state index in [-0.39, 0.29) is 11.3 Å². The summed E-state index contributed by atoms with van der Waals surface area (Å²) in [4.78, 5) is 11.7. The molecule has 1 unspecified atom stereocenters. The van der Waals surface area contributed by atoms with E-state index in [0.29, 0.717) is 18.0 Å². The molecule has 3 rings (SSSR count). The van der Waals surface area contributed by atoms with Gasteiger partial charge in [-0.2, -0.15) is 4.98 Å². The van der Waals surface area contributed by atoms with Crippen LogP contribution in [0.4, 0.5) is 5.82 Å².